The van der Waals surface area contributed by atoms with Gasteiger partial charge < -0.3 is 24.4 Å². The number of hydrogen-bond donors (Lipinski definition) is 2. The number of carbonyl (C=O) groups excluding carboxylic acids is 1. The zero-order valence-corrected chi connectivity index (χ0v) is 19.5. The second-order valence-corrected chi connectivity index (χ2v) is 8.74. The monoisotopic (exact) mass is 470 g/mol. The van der Waals surface area contributed by atoms with E-state index >= 15 is 0 Å². The Labute approximate surface area is 203 Å². The van der Waals surface area contributed by atoms with Gasteiger partial charge in [-0.2, -0.15) is 0 Å². The molecule has 4 aromatic rings. The molecular formula is C29H26O6. The predicted molar refractivity (Wildman–Crippen MR) is 132 cm³/mol. The molecule has 0 saturated heterocycles. The molecule has 3 atom stereocenters. The van der Waals surface area contributed by atoms with Crippen LogP contribution in [0.2, 0.25) is 0 Å². The Bertz CT molecular complexity index is 1330. The molecule has 0 spiro atoms. The second kappa shape index (κ2) is 9.22. The van der Waals surface area contributed by atoms with Crippen LogP contribution in [0.4, 0.5) is 0 Å². The molecule has 0 aliphatic heterocycles. The number of fused-ring (bicyclic) bond motifs is 1. The van der Waals surface area contributed by atoms with Crippen molar-refractivity contribution in [2.45, 2.75) is 18.3 Å². The molecule has 6 nitrogen and oxygen atoms in total. The number of aromatic hydroxyl groups is 2. The van der Waals surface area contributed by atoms with Gasteiger partial charge in [-0.3, -0.25) is 4.79 Å². The maximum Gasteiger partial charge on any atom is 0.315 e. The van der Waals surface area contributed by atoms with Crippen LogP contribution in [-0.4, -0.2) is 30.4 Å². The average molecular weight is 471 g/mol. The number of phenolic OH excluding ortho intramolecular Hbond substituents is 2. The summed E-state index contributed by atoms with van der Waals surface area (Å²) in [6, 6.07) is 23.8. The molecule has 1 aliphatic rings. The van der Waals surface area contributed by atoms with Gasteiger partial charge in [-0.1, -0.05) is 48.5 Å². The third-order valence-corrected chi connectivity index (χ3v) is 6.87. The number of esters is 1. The normalized spacial score (nSPS) is 19.1. The summed E-state index contributed by atoms with van der Waals surface area (Å²) in [6.45, 7) is 0. The predicted octanol–water partition coefficient (Wildman–Crippen LogP) is 5.76. The molecule has 0 aromatic heterocycles. The maximum absolute atomic E-state index is 13.7. The molecule has 1 fully saturated rings. The van der Waals surface area contributed by atoms with Crippen molar-refractivity contribution in [1.29, 1.82) is 0 Å². The highest BCUT2D eigenvalue weighted by Gasteiger charge is 2.48. The summed E-state index contributed by atoms with van der Waals surface area (Å²) in [5.41, 5.74) is 1.78. The summed E-state index contributed by atoms with van der Waals surface area (Å²) < 4.78 is 16.6. The second-order valence-electron chi connectivity index (χ2n) is 8.74. The lowest BCUT2D eigenvalue weighted by Crippen LogP contribution is -2.41. The van der Waals surface area contributed by atoms with Gasteiger partial charge in [0.1, 0.15) is 5.75 Å². The van der Waals surface area contributed by atoms with Crippen LogP contribution in [-0.2, 0) is 4.79 Å². The van der Waals surface area contributed by atoms with Gasteiger partial charge in [-0.25, -0.2) is 0 Å². The molecule has 35 heavy (non-hydrogen) atoms. The summed E-state index contributed by atoms with van der Waals surface area (Å²) in [5.74, 6) is 0.268. The standard InChI is InChI=1S/C29H26O6/c1-33-26-14-18(10-12-23(26)30)21-16-22(19-11-13-24(31)27(15-19)34-2)28(21)29(32)35-25-9-5-7-17-6-3-4-8-20(17)25/h3-15,21-22,28,30-31H,16H2,1-2H3/t21-,22?,28?/m0/s1. The lowest BCUT2D eigenvalue weighted by molar-refractivity contribution is -0.144. The Hall–Kier alpha value is -4.19. The van der Waals surface area contributed by atoms with Crippen LogP contribution in [0.15, 0.2) is 78.9 Å². The quantitative estimate of drug-likeness (QED) is 0.275. The highest BCUT2D eigenvalue weighted by molar-refractivity contribution is 5.91. The first-order valence-corrected chi connectivity index (χ1v) is 11.4. The molecule has 0 heterocycles. The van der Waals surface area contributed by atoms with E-state index in [1.54, 1.807) is 30.3 Å². The van der Waals surface area contributed by atoms with E-state index in [0.29, 0.717) is 23.7 Å². The molecule has 2 N–H and O–H groups in total. The van der Waals surface area contributed by atoms with Crippen LogP contribution < -0.4 is 14.2 Å². The lowest BCUT2D eigenvalue weighted by atomic mass is 9.60. The number of rotatable bonds is 6. The van der Waals surface area contributed by atoms with E-state index in [-0.39, 0.29) is 29.3 Å². The number of hydrogen-bond acceptors (Lipinski definition) is 6. The fraction of sp³-hybridized carbons (Fsp3) is 0.207. The van der Waals surface area contributed by atoms with Crippen molar-refractivity contribution in [1.82, 2.24) is 0 Å². The van der Waals surface area contributed by atoms with Crippen molar-refractivity contribution >= 4 is 16.7 Å². The zero-order valence-electron chi connectivity index (χ0n) is 19.5. The van der Waals surface area contributed by atoms with Gasteiger partial charge >= 0.3 is 5.97 Å². The molecule has 2 unspecified atom stereocenters. The molecule has 0 radical (unpaired) electrons. The molecule has 1 saturated carbocycles. The van der Waals surface area contributed by atoms with Crippen LogP contribution in [0, 0.1) is 5.92 Å². The lowest BCUT2D eigenvalue weighted by Gasteiger charge is -2.43. The summed E-state index contributed by atoms with van der Waals surface area (Å²) in [5, 5.41) is 21.9. The number of ether oxygens (including phenoxy) is 3. The smallest absolute Gasteiger partial charge is 0.315 e. The van der Waals surface area contributed by atoms with Crippen LogP contribution in [0.5, 0.6) is 28.7 Å². The average Bonchev–Trinajstić information content (AvgIpc) is 2.85. The Kier molecular flexibility index (Phi) is 5.95. The molecule has 0 amide bonds. The van der Waals surface area contributed by atoms with Gasteiger partial charge in [-0.15, -0.1) is 0 Å². The highest BCUT2D eigenvalue weighted by atomic mass is 16.5. The minimum absolute atomic E-state index is 0.0466. The van der Waals surface area contributed by atoms with Gasteiger partial charge in [0.2, 0.25) is 0 Å². The van der Waals surface area contributed by atoms with Gasteiger partial charge in [0.25, 0.3) is 0 Å². The van der Waals surface area contributed by atoms with Crippen molar-refractivity contribution in [3.8, 4) is 28.7 Å². The van der Waals surface area contributed by atoms with Gasteiger partial charge in [0.15, 0.2) is 23.0 Å². The number of carbonyl (C=O) groups is 1. The Balaban J connectivity index is 1.51. The SMILES string of the molecule is COc1cc(C2C[C@@H](c3ccc(O)c(OC)c3)C2C(=O)Oc2cccc3ccccc23)ccc1O. The summed E-state index contributed by atoms with van der Waals surface area (Å²) in [4.78, 5) is 13.7. The van der Waals surface area contributed by atoms with Crippen molar-refractivity contribution in [3.63, 3.8) is 0 Å². The summed E-state index contributed by atoms with van der Waals surface area (Å²) in [6.07, 6.45) is 0.692. The fourth-order valence-corrected chi connectivity index (χ4v) is 4.98. The van der Waals surface area contributed by atoms with Crippen LogP contribution in [0.1, 0.15) is 29.4 Å². The molecule has 4 aromatic carbocycles. The number of methoxy groups -OCH3 is 2. The molecule has 0 bridgehead atoms. The van der Waals surface area contributed by atoms with E-state index in [1.807, 2.05) is 48.5 Å². The highest BCUT2D eigenvalue weighted by Crippen LogP contribution is 2.55. The van der Waals surface area contributed by atoms with Crippen molar-refractivity contribution in [2.75, 3.05) is 14.2 Å². The molecular weight excluding hydrogens is 444 g/mol. The summed E-state index contributed by atoms with van der Waals surface area (Å²) in [7, 11) is 2.99. The van der Waals surface area contributed by atoms with Crippen molar-refractivity contribution in [2.24, 2.45) is 5.92 Å². The Morgan fingerprint density at radius 1 is 0.743 bits per heavy atom. The van der Waals surface area contributed by atoms with Crippen LogP contribution in [0.25, 0.3) is 10.8 Å². The molecule has 5 rings (SSSR count). The van der Waals surface area contributed by atoms with Crippen molar-refractivity contribution in [3.05, 3.63) is 90.0 Å². The fourth-order valence-electron chi connectivity index (χ4n) is 4.98. The van der Waals surface area contributed by atoms with E-state index in [0.717, 1.165) is 21.9 Å². The molecule has 1 aliphatic carbocycles. The van der Waals surface area contributed by atoms with E-state index < -0.39 is 5.92 Å². The van der Waals surface area contributed by atoms with Gasteiger partial charge in [0, 0.05) is 5.39 Å². The van der Waals surface area contributed by atoms with Gasteiger partial charge in [-0.05, 0) is 65.1 Å². The first kappa shape index (κ1) is 22.6. The van der Waals surface area contributed by atoms with E-state index in [9.17, 15) is 15.0 Å². The van der Waals surface area contributed by atoms with Crippen LogP contribution in [0.3, 0.4) is 0 Å². The first-order chi connectivity index (χ1) is 17.0. The van der Waals surface area contributed by atoms with Crippen LogP contribution >= 0.6 is 0 Å². The minimum atomic E-state index is -0.475. The zero-order chi connectivity index (χ0) is 24.5. The maximum atomic E-state index is 13.7. The molecule has 6 heteroatoms. The largest absolute Gasteiger partial charge is 0.504 e. The van der Waals surface area contributed by atoms with E-state index in [1.165, 1.54) is 14.2 Å². The van der Waals surface area contributed by atoms with E-state index in [2.05, 4.69) is 0 Å². The number of phenols is 2. The third kappa shape index (κ3) is 4.12. The van der Waals surface area contributed by atoms with Gasteiger partial charge in [0.05, 0.1) is 20.1 Å². The topological polar surface area (TPSA) is 85.2 Å². The number of benzene rings is 4. The Morgan fingerprint density at radius 2 is 1.31 bits per heavy atom. The van der Waals surface area contributed by atoms with Crippen molar-refractivity contribution < 1.29 is 29.2 Å². The molecule has 178 valence electrons. The minimum Gasteiger partial charge on any atom is -0.504 e. The first-order valence-electron chi connectivity index (χ1n) is 11.4. The summed E-state index contributed by atoms with van der Waals surface area (Å²) >= 11 is 0. The van der Waals surface area contributed by atoms with E-state index in [4.69, 9.17) is 14.2 Å². The Morgan fingerprint density at radius 3 is 1.91 bits per heavy atom. The third-order valence-electron chi connectivity index (χ3n) is 6.87.